The molecule has 0 aliphatic carbocycles. The Labute approximate surface area is 141 Å². The van der Waals surface area contributed by atoms with Gasteiger partial charge in [0, 0.05) is 19.4 Å². The summed E-state index contributed by atoms with van der Waals surface area (Å²) in [6.45, 7) is 2.83. The van der Waals surface area contributed by atoms with Gasteiger partial charge in [-0.2, -0.15) is 0 Å². The van der Waals surface area contributed by atoms with Crippen molar-refractivity contribution < 1.29 is 33.1 Å². The largest absolute Gasteiger partial charge is 0.471 e. The number of rotatable bonds is 7. The van der Waals surface area contributed by atoms with Crippen molar-refractivity contribution in [2.75, 3.05) is 13.7 Å². The molecule has 1 saturated heterocycles. The molecule has 0 bridgehead atoms. The summed E-state index contributed by atoms with van der Waals surface area (Å²) >= 11 is 0. The number of aromatic amines is 1. The molecule has 1 fully saturated rings. The SMILES string of the molecule is C=C(N)OC1C(OC)[C@H](n2ccc(=O)[nH]c2=O)O[C@@H]1COP(=O)(O)O. The summed E-state index contributed by atoms with van der Waals surface area (Å²) in [5.41, 5.74) is 4.07. The van der Waals surface area contributed by atoms with Crippen LogP contribution in [-0.4, -0.2) is 51.4 Å². The molecule has 1 aromatic heterocycles. The van der Waals surface area contributed by atoms with E-state index in [2.05, 4.69) is 16.1 Å². The maximum Gasteiger partial charge on any atom is 0.469 e. The van der Waals surface area contributed by atoms with Gasteiger partial charge >= 0.3 is 13.5 Å². The highest BCUT2D eigenvalue weighted by atomic mass is 31.2. The monoisotopic (exact) mass is 379 g/mol. The summed E-state index contributed by atoms with van der Waals surface area (Å²) < 4.78 is 32.6. The number of hydrogen-bond acceptors (Lipinski definition) is 8. The zero-order valence-electron chi connectivity index (χ0n) is 13.1. The predicted octanol–water partition coefficient (Wildman–Crippen LogP) is -1.63. The third-order valence-corrected chi connectivity index (χ3v) is 3.86. The lowest BCUT2D eigenvalue weighted by Crippen LogP contribution is -2.40. The number of ether oxygens (including phenoxy) is 3. The summed E-state index contributed by atoms with van der Waals surface area (Å²) in [5.74, 6) is -0.189. The number of nitrogens with one attached hydrogen (secondary N) is 1. The first-order valence-electron chi connectivity index (χ1n) is 6.93. The standard InChI is InChI=1S/C12H18N3O9P/c1-6(13)23-9-7(5-22-25(18,19)20)24-11(10(9)21-2)15-4-3-8(16)14-12(15)17/h3-4,7,9-11H,1,5,13H2,2H3,(H,14,16,17)(H2,18,19,20)/t7-,9?,10?,11-/m1/s1. The Morgan fingerprint density at radius 1 is 1.48 bits per heavy atom. The van der Waals surface area contributed by atoms with Gasteiger partial charge in [-0.1, -0.05) is 0 Å². The summed E-state index contributed by atoms with van der Waals surface area (Å²) in [6, 6.07) is 1.11. The van der Waals surface area contributed by atoms with Crippen LogP contribution in [0.4, 0.5) is 0 Å². The average molecular weight is 379 g/mol. The van der Waals surface area contributed by atoms with Gasteiger partial charge in [-0.05, 0) is 6.58 Å². The van der Waals surface area contributed by atoms with E-state index in [0.29, 0.717) is 0 Å². The van der Waals surface area contributed by atoms with Crippen LogP contribution < -0.4 is 17.0 Å². The van der Waals surface area contributed by atoms with E-state index >= 15 is 0 Å². The van der Waals surface area contributed by atoms with Crippen LogP contribution in [0.15, 0.2) is 34.3 Å². The number of aromatic nitrogens is 2. The molecule has 2 unspecified atom stereocenters. The van der Waals surface area contributed by atoms with Crippen LogP contribution in [0, 0.1) is 0 Å². The zero-order valence-corrected chi connectivity index (χ0v) is 14.0. The van der Waals surface area contributed by atoms with Crippen LogP contribution in [0.1, 0.15) is 6.23 Å². The zero-order chi connectivity index (χ0) is 18.8. The van der Waals surface area contributed by atoms with Gasteiger partial charge in [0.1, 0.15) is 12.2 Å². The highest BCUT2D eigenvalue weighted by Crippen LogP contribution is 2.39. The maximum absolute atomic E-state index is 12.0. The molecule has 2 rings (SSSR count). The van der Waals surface area contributed by atoms with Gasteiger partial charge in [-0.15, -0.1) is 0 Å². The Kier molecular flexibility index (Phi) is 5.83. The van der Waals surface area contributed by atoms with E-state index in [1.807, 2.05) is 0 Å². The molecule has 140 valence electrons. The molecule has 12 nitrogen and oxygen atoms in total. The second-order valence-corrected chi connectivity index (χ2v) is 6.36. The van der Waals surface area contributed by atoms with E-state index < -0.39 is 50.2 Å². The third kappa shape index (κ3) is 4.78. The molecule has 0 amide bonds. The fourth-order valence-corrected chi connectivity index (χ4v) is 2.77. The predicted molar refractivity (Wildman–Crippen MR) is 82.2 cm³/mol. The van der Waals surface area contributed by atoms with Gasteiger partial charge in [0.05, 0.1) is 6.61 Å². The molecule has 13 heteroatoms. The molecule has 2 heterocycles. The van der Waals surface area contributed by atoms with Gasteiger partial charge in [0.2, 0.25) is 0 Å². The Balaban J connectivity index is 2.34. The van der Waals surface area contributed by atoms with Crippen molar-refractivity contribution in [1.82, 2.24) is 9.55 Å². The van der Waals surface area contributed by atoms with Crippen LogP contribution in [0.3, 0.4) is 0 Å². The molecule has 0 spiro atoms. The minimum Gasteiger partial charge on any atom is -0.471 e. The number of hydrogen-bond donors (Lipinski definition) is 4. The Hall–Kier alpha value is -1.95. The number of nitrogens with zero attached hydrogens (tertiary/aromatic N) is 1. The van der Waals surface area contributed by atoms with Crippen LogP contribution in [0.5, 0.6) is 0 Å². The van der Waals surface area contributed by atoms with Crippen LogP contribution in [-0.2, 0) is 23.3 Å². The lowest BCUT2D eigenvalue weighted by Gasteiger charge is -2.24. The Morgan fingerprint density at radius 2 is 2.16 bits per heavy atom. The van der Waals surface area contributed by atoms with Gasteiger partial charge in [-0.3, -0.25) is 18.9 Å². The molecular formula is C12H18N3O9P. The van der Waals surface area contributed by atoms with Crippen molar-refractivity contribution in [3.05, 3.63) is 45.6 Å². The normalized spacial score (nSPS) is 26.5. The first kappa shape index (κ1) is 19.4. The van der Waals surface area contributed by atoms with Crippen molar-refractivity contribution in [3.63, 3.8) is 0 Å². The van der Waals surface area contributed by atoms with E-state index in [0.717, 1.165) is 10.6 Å². The van der Waals surface area contributed by atoms with Crippen molar-refractivity contribution in [2.24, 2.45) is 5.73 Å². The summed E-state index contributed by atoms with van der Waals surface area (Å²) in [6.07, 6.45) is -2.80. The first-order chi connectivity index (χ1) is 11.6. The van der Waals surface area contributed by atoms with Crippen molar-refractivity contribution in [2.45, 2.75) is 24.5 Å². The first-order valence-corrected chi connectivity index (χ1v) is 8.46. The van der Waals surface area contributed by atoms with Crippen molar-refractivity contribution >= 4 is 7.82 Å². The Bertz CT molecular complexity index is 785. The molecular weight excluding hydrogens is 361 g/mol. The minimum absolute atomic E-state index is 0.189. The summed E-state index contributed by atoms with van der Waals surface area (Å²) in [4.78, 5) is 42.9. The van der Waals surface area contributed by atoms with E-state index in [-0.39, 0.29) is 5.88 Å². The van der Waals surface area contributed by atoms with E-state index in [4.69, 9.17) is 29.7 Å². The molecule has 0 aromatic carbocycles. The molecule has 0 radical (unpaired) electrons. The topological polar surface area (TPSA) is 175 Å². The fraction of sp³-hybridized carbons (Fsp3) is 0.500. The van der Waals surface area contributed by atoms with Gasteiger partial charge in [0.25, 0.3) is 5.56 Å². The third-order valence-electron chi connectivity index (χ3n) is 3.38. The summed E-state index contributed by atoms with van der Waals surface area (Å²) in [7, 11) is -3.44. The highest BCUT2D eigenvalue weighted by Gasteiger charge is 2.48. The van der Waals surface area contributed by atoms with Crippen LogP contribution >= 0.6 is 7.82 Å². The highest BCUT2D eigenvalue weighted by molar-refractivity contribution is 7.46. The van der Waals surface area contributed by atoms with Crippen LogP contribution in [0.25, 0.3) is 0 Å². The maximum atomic E-state index is 12.0. The Morgan fingerprint density at radius 3 is 2.68 bits per heavy atom. The average Bonchev–Trinajstić information content (AvgIpc) is 2.81. The summed E-state index contributed by atoms with van der Waals surface area (Å²) in [5, 5.41) is 0. The lowest BCUT2D eigenvalue weighted by molar-refractivity contribution is -0.0620. The molecule has 5 N–H and O–H groups in total. The van der Waals surface area contributed by atoms with E-state index in [9.17, 15) is 14.2 Å². The van der Waals surface area contributed by atoms with E-state index in [1.165, 1.54) is 13.3 Å². The van der Waals surface area contributed by atoms with E-state index in [1.54, 1.807) is 0 Å². The minimum atomic E-state index is -4.76. The number of H-pyrrole nitrogens is 1. The van der Waals surface area contributed by atoms with Gasteiger partial charge < -0.3 is 29.7 Å². The van der Waals surface area contributed by atoms with Crippen molar-refractivity contribution in [3.8, 4) is 0 Å². The molecule has 0 saturated carbocycles. The van der Waals surface area contributed by atoms with Gasteiger partial charge in [-0.25, -0.2) is 9.36 Å². The molecule has 25 heavy (non-hydrogen) atoms. The molecule has 1 aliphatic rings. The smallest absolute Gasteiger partial charge is 0.469 e. The lowest BCUT2D eigenvalue weighted by atomic mass is 10.1. The number of nitrogens with two attached hydrogens (primary N) is 1. The molecule has 1 aliphatic heterocycles. The quantitative estimate of drug-likeness (QED) is 0.318. The number of phosphoric acid groups is 1. The molecule has 4 atom stereocenters. The number of methoxy groups -OCH3 is 1. The second-order valence-electron chi connectivity index (χ2n) is 5.12. The van der Waals surface area contributed by atoms with Crippen LogP contribution in [0.2, 0.25) is 0 Å². The second kappa shape index (κ2) is 7.52. The van der Waals surface area contributed by atoms with Gasteiger partial charge in [0.15, 0.2) is 18.2 Å². The van der Waals surface area contributed by atoms with Crippen molar-refractivity contribution in [1.29, 1.82) is 0 Å². The fourth-order valence-electron chi connectivity index (χ4n) is 2.43. The number of phosphoric ester groups is 1. The molecule has 1 aromatic rings.